The van der Waals surface area contributed by atoms with Crippen LogP contribution in [0.2, 0.25) is 0 Å². The molecule has 1 nitrogen and oxygen atoms in total. The fraction of sp³-hybridized carbons (Fsp3) is 0.273. The lowest BCUT2D eigenvalue weighted by Gasteiger charge is -2.10. The third-order valence-electron chi connectivity index (χ3n) is 2.13. The molecule has 1 aromatic rings. The summed E-state index contributed by atoms with van der Waals surface area (Å²) in [6.45, 7) is 7.87. The zero-order chi connectivity index (χ0) is 9.14. The number of nitrogens with two attached hydrogens (primary N) is 1. The van der Waals surface area contributed by atoms with Crippen molar-refractivity contribution in [3.8, 4) is 0 Å². The van der Waals surface area contributed by atoms with Crippen molar-refractivity contribution >= 4 is 0 Å². The maximum atomic E-state index is 5.61. The van der Waals surface area contributed by atoms with Gasteiger partial charge in [-0.25, -0.2) is 0 Å². The van der Waals surface area contributed by atoms with Crippen molar-refractivity contribution in [3.63, 3.8) is 0 Å². The normalized spacial score (nSPS) is 12.5. The van der Waals surface area contributed by atoms with E-state index in [-0.39, 0.29) is 5.92 Å². The van der Waals surface area contributed by atoms with Crippen molar-refractivity contribution in [1.82, 2.24) is 0 Å². The highest BCUT2D eigenvalue weighted by Gasteiger charge is 2.04. The van der Waals surface area contributed by atoms with Gasteiger partial charge in [0, 0.05) is 11.6 Å². The fourth-order valence-corrected chi connectivity index (χ4v) is 1.07. The number of hydrogen-bond acceptors (Lipinski definition) is 1. The number of benzene rings is 1. The molecule has 0 spiro atoms. The molecule has 64 valence electrons. The monoisotopic (exact) mass is 161 g/mol. The van der Waals surface area contributed by atoms with Gasteiger partial charge in [0.2, 0.25) is 0 Å². The highest BCUT2D eigenvalue weighted by molar-refractivity contribution is 5.28. The second-order valence-corrected chi connectivity index (χ2v) is 3.21. The number of aryl methyl sites for hydroxylation is 1. The molecule has 0 bridgehead atoms. The van der Waals surface area contributed by atoms with Crippen molar-refractivity contribution in [2.75, 3.05) is 0 Å². The molecule has 0 aliphatic rings. The Morgan fingerprint density at radius 1 is 1.33 bits per heavy atom. The third-order valence-corrected chi connectivity index (χ3v) is 2.13. The molecule has 0 aromatic heterocycles. The average molecular weight is 161 g/mol. The standard InChI is InChI=1S/C11H15N/c1-8-4-6-11(7-5-8)9(2)10(3)12/h4-7,9H,3,12H2,1-2H3. The zero-order valence-electron chi connectivity index (χ0n) is 7.67. The minimum absolute atomic E-state index is 0.255. The summed E-state index contributed by atoms with van der Waals surface area (Å²) in [5.41, 5.74) is 8.83. The van der Waals surface area contributed by atoms with Crippen LogP contribution in [0.5, 0.6) is 0 Å². The molecule has 0 aliphatic heterocycles. The van der Waals surface area contributed by atoms with E-state index < -0.39 is 0 Å². The van der Waals surface area contributed by atoms with Crippen LogP contribution in [0.15, 0.2) is 36.5 Å². The number of hydrogen-bond donors (Lipinski definition) is 1. The quantitative estimate of drug-likeness (QED) is 0.708. The lowest BCUT2D eigenvalue weighted by molar-refractivity contribution is 0.882. The summed E-state index contributed by atoms with van der Waals surface area (Å²) in [5, 5.41) is 0. The summed E-state index contributed by atoms with van der Waals surface area (Å²) >= 11 is 0. The predicted molar refractivity (Wildman–Crippen MR) is 52.9 cm³/mol. The Morgan fingerprint density at radius 3 is 2.25 bits per heavy atom. The summed E-state index contributed by atoms with van der Waals surface area (Å²) in [4.78, 5) is 0. The van der Waals surface area contributed by atoms with Crippen LogP contribution in [0.3, 0.4) is 0 Å². The lowest BCUT2D eigenvalue weighted by atomic mass is 9.98. The van der Waals surface area contributed by atoms with E-state index in [9.17, 15) is 0 Å². The smallest absolute Gasteiger partial charge is 0.0201 e. The van der Waals surface area contributed by atoms with Crippen LogP contribution in [-0.2, 0) is 0 Å². The summed E-state index contributed by atoms with van der Waals surface area (Å²) in [6.07, 6.45) is 0. The molecule has 1 unspecified atom stereocenters. The first-order valence-electron chi connectivity index (χ1n) is 4.12. The first-order valence-corrected chi connectivity index (χ1v) is 4.12. The second-order valence-electron chi connectivity index (χ2n) is 3.21. The van der Waals surface area contributed by atoms with Gasteiger partial charge in [0.15, 0.2) is 0 Å². The Morgan fingerprint density at radius 2 is 1.83 bits per heavy atom. The van der Waals surface area contributed by atoms with Crippen molar-refractivity contribution in [2.24, 2.45) is 5.73 Å². The Labute approximate surface area is 73.9 Å². The van der Waals surface area contributed by atoms with Gasteiger partial charge in [-0.2, -0.15) is 0 Å². The Bertz CT molecular complexity index is 272. The summed E-state index contributed by atoms with van der Waals surface area (Å²) in [5.74, 6) is 0.255. The Kier molecular flexibility index (Phi) is 2.54. The minimum atomic E-state index is 0.255. The second kappa shape index (κ2) is 3.44. The number of rotatable bonds is 2. The number of allylic oxidation sites excluding steroid dienone is 1. The third kappa shape index (κ3) is 1.88. The highest BCUT2D eigenvalue weighted by atomic mass is 14.6. The van der Waals surface area contributed by atoms with Gasteiger partial charge in [-0.05, 0) is 12.5 Å². The van der Waals surface area contributed by atoms with Crippen LogP contribution in [0, 0.1) is 6.92 Å². The first-order chi connectivity index (χ1) is 5.61. The van der Waals surface area contributed by atoms with Gasteiger partial charge >= 0.3 is 0 Å². The van der Waals surface area contributed by atoms with E-state index in [1.807, 2.05) is 0 Å². The molecule has 1 heteroatoms. The fourth-order valence-electron chi connectivity index (χ4n) is 1.07. The molecule has 0 radical (unpaired) electrons. The van der Waals surface area contributed by atoms with Crippen molar-refractivity contribution < 1.29 is 0 Å². The molecule has 0 aliphatic carbocycles. The van der Waals surface area contributed by atoms with Gasteiger partial charge < -0.3 is 5.73 Å². The van der Waals surface area contributed by atoms with E-state index in [4.69, 9.17) is 5.73 Å². The molecular formula is C11H15N. The van der Waals surface area contributed by atoms with Gasteiger partial charge in [-0.3, -0.25) is 0 Å². The van der Waals surface area contributed by atoms with E-state index in [1.165, 1.54) is 11.1 Å². The van der Waals surface area contributed by atoms with Gasteiger partial charge in [-0.15, -0.1) is 0 Å². The highest BCUT2D eigenvalue weighted by Crippen LogP contribution is 2.19. The molecule has 0 saturated heterocycles. The van der Waals surface area contributed by atoms with Crippen LogP contribution in [0.1, 0.15) is 24.0 Å². The summed E-state index contributed by atoms with van der Waals surface area (Å²) in [7, 11) is 0. The molecular weight excluding hydrogens is 146 g/mol. The average Bonchev–Trinajstić information content (AvgIpc) is 2.04. The Hall–Kier alpha value is -1.24. The SMILES string of the molecule is C=C(N)C(C)c1ccc(C)cc1. The minimum Gasteiger partial charge on any atom is -0.402 e. The molecule has 12 heavy (non-hydrogen) atoms. The molecule has 2 N–H and O–H groups in total. The lowest BCUT2D eigenvalue weighted by Crippen LogP contribution is -2.04. The van der Waals surface area contributed by atoms with Crippen LogP contribution < -0.4 is 5.73 Å². The molecule has 1 atom stereocenters. The van der Waals surface area contributed by atoms with E-state index in [0.717, 1.165) is 5.70 Å². The van der Waals surface area contributed by atoms with Crippen LogP contribution in [0.25, 0.3) is 0 Å². The van der Waals surface area contributed by atoms with Crippen molar-refractivity contribution in [1.29, 1.82) is 0 Å². The van der Waals surface area contributed by atoms with Crippen LogP contribution >= 0.6 is 0 Å². The summed E-state index contributed by atoms with van der Waals surface area (Å²) < 4.78 is 0. The summed E-state index contributed by atoms with van der Waals surface area (Å²) in [6, 6.07) is 8.37. The maximum absolute atomic E-state index is 5.61. The van der Waals surface area contributed by atoms with Gasteiger partial charge in [-0.1, -0.05) is 43.3 Å². The molecule has 0 amide bonds. The predicted octanol–water partition coefficient (Wildman–Crippen LogP) is 2.57. The van der Waals surface area contributed by atoms with E-state index >= 15 is 0 Å². The zero-order valence-corrected chi connectivity index (χ0v) is 7.67. The largest absolute Gasteiger partial charge is 0.402 e. The van der Waals surface area contributed by atoms with Crippen LogP contribution in [0.4, 0.5) is 0 Å². The van der Waals surface area contributed by atoms with Crippen molar-refractivity contribution in [3.05, 3.63) is 47.7 Å². The van der Waals surface area contributed by atoms with E-state index in [0.29, 0.717) is 0 Å². The first kappa shape index (κ1) is 8.85. The maximum Gasteiger partial charge on any atom is 0.0201 e. The molecule has 1 aromatic carbocycles. The van der Waals surface area contributed by atoms with Crippen LogP contribution in [-0.4, -0.2) is 0 Å². The van der Waals surface area contributed by atoms with Gasteiger partial charge in [0.1, 0.15) is 0 Å². The Balaban J connectivity index is 2.89. The molecule has 1 rings (SSSR count). The van der Waals surface area contributed by atoms with Crippen molar-refractivity contribution in [2.45, 2.75) is 19.8 Å². The van der Waals surface area contributed by atoms with Gasteiger partial charge in [0.25, 0.3) is 0 Å². The molecule has 0 fully saturated rings. The molecule has 0 heterocycles. The molecule has 0 saturated carbocycles. The topological polar surface area (TPSA) is 26.0 Å². The van der Waals surface area contributed by atoms with Gasteiger partial charge in [0.05, 0.1) is 0 Å². The van der Waals surface area contributed by atoms with E-state index in [1.54, 1.807) is 0 Å². The van der Waals surface area contributed by atoms with E-state index in [2.05, 4.69) is 44.7 Å².